The van der Waals surface area contributed by atoms with E-state index in [1.54, 1.807) is 7.11 Å². The Morgan fingerprint density at radius 3 is 2.95 bits per heavy atom. The van der Waals surface area contributed by atoms with E-state index in [1.165, 1.54) is 19.4 Å². The molecule has 0 amide bonds. The second kappa shape index (κ2) is 8.62. The molecule has 1 atom stereocenters. The number of methoxy groups -OCH3 is 1. The molecule has 1 unspecified atom stereocenters. The van der Waals surface area contributed by atoms with Crippen LogP contribution in [0, 0.1) is 5.92 Å². The normalized spacial score (nSPS) is 19.0. The molecular weight excluding hydrogens is 284 g/mol. The number of rotatable bonds is 7. The summed E-state index contributed by atoms with van der Waals surface area (Å²) in [4.78, 5) is 2.52. The van der Waals surface area contributed by atoms with Crippen LogP contribution in [0.4, 0.5) is 0 Å². The van der Waals surface area contributed by atoms with Crippen molar-refractivity contribution in [3.05, 3.63) is 28.8 Å². The number of nitrogens with zero attached hydrogens (tertiary/aromatic N) is 1. The Morgan fingerprint density at radius 1 is 1.43 bits per heavy atom. The lowest BCUT2D eigenvalue weighted by Crippen LogP contribution is -2.38. The van der Waals surface area contributed by atoms with Crippen molar-refractivity contribution in [1.82, 2.24) is 10.2 Å². The van der Waals surface area contributed by atoms with Gasteiger partial charge in [0.15, 0.2) is 0 Å². The zero-order valence-electron chi connectivity index (χ0n) is 13.2. The third kappa shape index (κ3) is 4.87. The minimum Gasteiger partial charge on any atom is -0.496 e. The molecular formula is C17H27ClN2O. The van der Waals surface area contributed by atoms with Crippen LogP contribution >= 0.6 is 11.6 Å². The van der Waals surface area contributed by atoms with Crippen LogP contribution in [0.5, 0.6) is 5.75 Å². The van der Waals surface area contributed by atoms with E-state index in [9.17, 15) is 0 Å². The summed E-state index contributed by atoms with van der Waals surface area (Å²) in [5, 5.41) is 4.31. The predicted octanol–water partition coefficient (Wildman–Crippen LogP) is 3.56. The van der Waals surface area contributed by atoms with E-state index >= 15 is 0 Å². The topological polar surface area (TPSA) is 24.5 Å². The lowest BCUT2D eigenvalue weighted by atomic mass is 9.98. The second-order valence-corrected chi connectivity index (χ2v) is 6.28. The molecule has 118 valence electrons. The molecule has 1 aromatic rings. The van der Waals surface area contributed by atoms with Crippen molar-refractivity contribution in [3.63, 3.8) is 0 Å². The molecule has 0 spiro atoms. The maximum Gasteiger partial charge on any atom is 0.124 e. The molecule has 1 fully saturated rings. The van der Waals surface area contributed by atoms with Crippen LogP contribution in [0.2, 0.25) is 5.02 Å². The van der Waals surface area contributed by atoms with Crippen molar-refractivity contribution in [2.75, 3.05) is 33.3 Å². The van der Waals surface area contributed by atoms with Gasteiger partial charge in [0.05, 0.1) is 7.11 Å². The van der Waals surface area contributed by atoms with Crippen molar-refractivity contribution in [3.8, 4) is 5.75 Å². The second-order valence-electron chi connectivity index (χ2n) is 5.87. The number of benzene rings is 1. The summed E-state index contributed by atoms with van der Waals surface area (Å²) in [6.45, 7) is 7.64. The fraction of sp³-hybridized carbons (Fsp3) is 0.647. The van der Waals surface area contributed by atoms with E-state index in [1.807, 2.05) is 18.2 Å². The molecule has 1 saturated heterocycles. The summed E-state index contributed by atoms with van der Waals surface area (Å²) in [5.41, 5.74) is 1.11. The first-order valence-electron chi connectivity index (χ1n) is 7.99. The molecule has 0 aromatic heterocycles. The highest BCUT2D eigenvalue weighted by molar-refractivity contribution is 6.31. The Morgan fingerprint density at radius 2 is 2.29 bits per heavy atom. The van der Waals surface area contributed by atoms with Crippen molar-refractivity contribution in [1.29, 1.82) is 0 Å². The van der Waals surface area contributed by atoms with E-state index < -0.39 is 0 Å². The first-order valence-corrected chi connectivity index (χ1v) is 8.36. The molecule has 21 heavy (non-hydrogen) atoms. The quantitative estimate of drug-likeness (QED) is 0.833. The summed E-state index contributed by atoms with van der Waals surface area (Å²) in [5.74, 6) is 1.64. The molecule has 2 rings (SSSR count). The first kappa shape index (κ1) is 16.6. The van der Waals surface area contributed by atoms with Gasteiger partial charge >= 0.3 is 0 Å². The highest BCUT2D eigenvalue weighted by atomic mass is 35.5. The van der Waals surface area contributed by atoms with Gasteiger partial charge in [-0.2, -0.15) is 0 Å². The van der Waals surface area contributed by atoms with Gasteiger partial charge in [0, 0.05) is 23.7 Å². The molecule has 3 nitrogen and oxygen atoms in total. The zero-order valence-corrected chi connectivity index (χ0v) is 14.0. The van der Waals surface area contributed by atoms with E-state index in [2.05, 4.69) is 17.1 Å². The number of piperidine rings is 1. The summed E-state index contributed by atoms with van der Waals surface area (Å²) in [7, 11) is 1.71. The first-order chi connectivity index (χ1) is 10.2. The Kier molecular flexibility index (Phi) is 6.81. The van der Waals surface area contributed by atoms with Crippen LogP contribution in [-0.2, 0) is 6.54 Å². The third-order valence-corrected chi connectivity index (χ3v) is 4.49. The number of halogens is 1. The van der Waals surface area contributed by atoms with Gasteiger partial charge in [0.25, 0.3) is 0 Å². The summed E-state index contributed by atoms with van der Waals surface area (Å²) in [6.07, 6.45) is 3.78. The molecule has 1 N–H and O–H groups in total. The highest BCUT2D eigenvalue weighted by Gasteiger charge is 2.18. The number of hydrogen-bond acceptors (Lipinski definition) is 3. The molecule has 0 aliphatic carbocycles. The maximum absolute atomic E-state index is 6.38. The number of ether oxygens (including phenoxy) is 1. The molecule has 0 bridgehead atoms. The van der Waals surface area contributed by atoms with Gasteiger partial charge in [-0.05, 0) is 56.9 Å². The van der Waals surface area contributed by atoms with Crippen LogP contribution in [0.3, 0.4) is 0 Å². The number of hydrogen-bond donors (Lipinski definition) is 1. The van der Waals surface area contributed by atoms with Crippen LogP contribution < -0.4 is 10.1 Å². The van der Waals surface area contributed by atoms with Gasteiger partial charge in [0.2, 0.25) is 0 Å². The summed E-state index contributed by atoms with van der Waals surface area (Å²) in [6, 6.07) is 5.89. The fourth-order valence-corrected chi connectivity index (χ4v) is 3.33. The van der Waals surface area contributed by atoms with Gasteiger partial charge < -0.3 is 10.1 Å². The molecule has 0 saturated carbocycles. The standard InChI is InChI=1S/C17H27ClN2O/c1-3-10-20(12-14-6-5-9-19-11-14)13-15-16(18)7-4-8-17(15)21-2/h4,7-8,14,19H,3,5-6,9-13H2,1-2H3. The van der Waals surface area contributed by atoms with Gasteiger partial charge in [-0.1, -0.05) is 24.6 Å². The minimum absolute atomic E-state index is 0.749. The Bertz CT molecular complexity index is 433. The average molecular weight is 311 g/mol. The van der Waals surface area contributed by atoms with Gasteiger partial charge in [-0.15, -0.1) is 0 Å². The maximum atomic E-state index is 6.38. The van der Waals surface area contributed by atoms with E-state index in [-0.39, 0.29) is 0 Å². The van der Waals surface area contributed by atoms with Crippen molar-refractivity contribution in [2.45, 2.75) is 32.7 Å². The Labute approximate surface area is 133 Å². The monoisotopic (exact) mass is 310 g/mol. The highest BCUT2D eigenvalue weighted by Crippen LogP contribution is 2.28. The Hall–Kier alpha value is -0.770. The third-order valence-electron chi connectivity index (χ3n) is 4.13. The van der Waals surface area contributed by atoms with Crippen LogP contribution in [0.25, 0.3) is 0 Å². The van der Waals surface area contributed by atoms with E-state index in [0.717, 1.165) is 54.9 Å². The zero-order chi connectivity index (χ0) is 15.1. The lowest BCUT2D eigenvalue weighted by molar-refractivity contribution is 0.199. The molecule has 1 aromatic carbocycles. The summed E-state index contributed by atoms with van der Waals surface area (Å²) >= 11 is 6.38. The largest absolute Gasteiger partial charge is 0.496 e. The smallest absolute Gasteiger partial charge is 0.124 e. The van der Waals surface area contributed by atoms with Gasteiger partial charge in [-0.3, -0.25) is 4.90 Å². The molecule has 1 heterocycles. The molecule has 4 heteroatoms. The predicted molar refractivity (Wildman–Crippen MR) is 89.2 cm³/mol. The number of nitrogens with one attached hydrogen (secondary N) is 1. The van der Waals surface area contributed by atoms with E-state index in [0.29, 0.717) is 0 Å². The molecule has 0 radical (unpaired) electrons. The minimum atomic E-state index is 0.749. The van der Waals surface area contributed by atoms with Crippen LogP contribution in [-0.4, -0.2) is 38.2 Å². The van der Waals surface area contributed by atoms with Crippen molar-refractivity contribution < 1.29 is 4.74 Å². The van der Waals surface area contributed by atoms with Crippen LogP contribution in [0.1, 0.15) is 31.7 Å². The summed E-state index contributed by atoms with van der Waals surface area (Å²) < 4.78 is 5.47. The van der Waals surface area contributed by atoms with Gasteiger partial charge in [-0.25, -0.2) is 0 Å². The van der Waals surface area contributed by atoms with Crippen molar-refractivity contribution in [2.24, 2.45) is 5.92 Å². The fourth-order valence-electron chi connectivity index (χ4n) is 3.10. The van der Waals surface area contributed by atoms with E-state index in [4.69, 9.17) is 16.3 Å². The van der Waals surface area contributed by atoms with Gasteiger partial charge in [0.1, 0.15) is 5.75 Å². The SMILES string of the molecule is CCCN(Cc1c(Cl)cccc1OC)CC1CCCNC1. The average Bonchev–Trinajstić information content (AvgIpc) is 2.50. The van der Waals surface area contributed by atoms with Crippen LogP contribution in [0.15, 0.2) is 18.2 Å². The lowest BCUT2D eigenvalue weighted by Gasteiger charge is -2.30. The Balaban J connectivity index is 2.04. The molecule has 1 aliphatic heterocycles. The van der Waals surface area contributed by atoms with Crippen molar-refractivity contribution >= 4 is 11.6 Å². The molecule has 1 aliphatic rings.